The van der Waals surface area contributed by atoms with E-state index in [0.717, 1.165) is 33.7 Å². The van der Waals surface area contributed by atoms with Crippen molar-refractivity contribution in [1.82, 2.24) is 15.6 Å². The molecule has 30 heavy (non-hydrogen) atoms. The van der Waals surface area contributed by atoms with Crippen molar-refractivity contribution < 1.29 is 9.47 Å². The van der Waals surface area contributed by atoms with Crippen LogP contribution in [0, 0.1) is 0 Å². The zero-order chi connectivity index (χ0) is 21.4. The van der Waals surface area contributed by atoms with Gasteiger partial charge in [0.2, 0.25) is 0 Å². The highest BCUT2D eigenvalue weighted by molar-refractivity contribution is 14.0. The number of rotatable bonds is 8. The Morgan fingerprint density at radius 3 is 2.40 bits per heavy atom. The van der Waals surface area contributed by atoms with Crippen LogP contribution < -0.4 is 20.1 Å². The Hall–Kier alpha value is -1.55. The third kappa shape index (κ3) is 7.61. The van der Waals surface area contributed by atoms with Gasteiger partial charge in [0.1, 0.15) is 5.01 Å². The van der Waals surface area contributed by atoms with E-state index in [4.69, 9.17) is 14.5 Å². The maximum atomic E-state index is 5.74. The summed E-state index contributed by atoms with van der Waals surface area (Å²) in [5.41, 5.74) is 2.28. The van der Waals surface area contributed by atoms with Gasteiger partial charge in [0.05, 0.1) is 31.5 Å². The fraction of sp³-hybridized carbons (Fsp3) is 0.545. The van der Waals surface area contributed by atoms with Gasteiger partial charge in [-0.15, -0.1) is 35.3 Å². The molecule has 0 saturated heterocycles. The minimum Gasteiger partial charge on any atom is -0.490 e. The largest absolute Gasteiger partial charge is 0.490 e. The molecule has 0 aliphatic heterocycles. The summed E-state index contributed by atoms with van der Waals surface area (Å²) in [5, 5.41) is 9.96. The van der Waals surface area contributed by atoms with Gasteiger partial charge >= 0.3 is 0 Å². The third-order valence-corrected chi connectivity index (χ3v) is 5.22. The first kappa shape index (κ1) is 26.5. The maximum Gasteiger partial charge on any atom is 0.191 e. The monoisotopic (exact) mass is 546 g/mol. The number of benzene rings is 1. The highest BCUT2D eigenvalue weighted by Crippen LogP contribution is 2.30. The fourth-order valence-corrected chi connectivity index (χ4v) is 3.68. The topological polar surface area (TPSA) is 67.8 Å². The molecule has 0 aliphatic rings. The Bertz CT molecular complexity index is 818. The highest BCUT2D eigenvalue weighted by atomic mass is 127. The second-order valence-electron chi connectivity index (χ2n) is 7.74. The normalized spacial score (nSPS) is 12.7. The Balaban J connectivity index is 0.00000450. The second-order valence-corrected chi connectivity index (χ2v) is 8.68. The van der Waals surface area contributed by atoms with Gasteiger partial charge in [-0.3, -0.25) is 4.99 Å². The molecule has 0 aliphatic carbocycles. The number of nitrogens with zero attached hydrogens (tertiary/aromatic N) is 2. The third-order valence-electron chi connectivity index (χ3n) is 4.37. The van der Waals surface area contributed by atoms with Crippen molar-refractivity contribution in [2.45, 2.75) is 59.5 Å². The summed E-state index contributed by atoms with van der Waals surface area (Å²) in [7, 11) is 1.77. The van der Waals surface area contributed by atoms with Crippen LogP contribution in [0.1, 0.15) is 63.8 Å². The van der Waals surface area contributed by atoms with Crippen molar-refractivity contribution >= 4 is 41.3 Å². The van der Waals surface area contributed by atoms with Gasteiger partial charge in [0.15, 0.2) is 17.5 Å². The van der Waals surface area contributed by atoms with Gasteiger partial charge < -0.3 is 20.1 Å². The first-order valence-electron chi connectivity index (χ1n) is 10.1. The second kappa shape index (κ2) is 12.3. The Labute approximate surface area is 201 Å². The first-order valence-corrected chi connectivity index (χ1v) is 11.0. The minimum atomic E-state index is 0. The minimum absolute atomic E-state index is 0. The van der Waals surface area contributed by atoms with Crippen molar-refractivity contribution in [1.29, 1.82) is 0 Å². The molecule has 1 aromatic carbocycles. The average molecular weight is 547 g/mol. The summed E-state index contributed by atoms with van der Waals surface area (Å²) in [6.45, 7) is 14.4. The van der Waals surface area contributed by atoms with Crippen molar-refractivity contribution in [2.24, 2.45) is 4.99 Å². The van der Waals surface area contributed by atoms with Crippen LogP contribution in [0.5, 0.6) is 11.5 Å². The summed E-state index contributed by atoms with van der Waals surface area (Å²) in [4.78, 5) is 9.07. The van der Waals surface area contributed by atoms with Crippen LogP contribution in [-0.4, -0.2) is 31.2 Å². The molecule has 168 valence electrons. The molecule has 2 rings (SSSR count). The highest BCUT2D eigenvalue weighted by Gasteiger charge is 2.18. The quantitative estimate of drug-likeness (QED) is 0.268. The van der Waals surface area contributed by atoms with E-state index in [1.165, 1.54) is 0 Å². The van der Waals surface area contributed by atoms with Gasteiger partial charge in [-0.2, -0.15) is 0 Å². The number of aliphatic imine (C=N–C) groups is 1. The molecular weight excluding hydrogens is 511 g/mol. The number of thiazole rings is 1. The number of nitrogens with one attached hydrogen (secondary N) is 2. The van der Waals surface area contributed by atoms with Crippen molar-refractivity contribution in [2.75, 3.05) is 20.3 Å². The van der Waals surface area contributed by atoms with Crippen LogP contribution in [0.2, 0.25) is 0 Å². The van der Waals surface area contributed by atoms with Crippen molar-refractivity contribution in [3.63, 3.8) is 0 Å². The van der Waals surface area contributed by atoms with Crippen molar-refractivity contribution in [3.8, 4) is 11.5 Å². The van der Waals surface area contributed by atoms with Crippen LogP contribution in [0.4, 0.5) is 0 Å². The molecule has 2 N–H and O–H groups in total. The van der Waals surface area contributed by atoms with Gasteiger partial charge in [-0.1, -0.05) is 26.8 Å². The molecule has 0 fully saturated rings. The summed E-state index contributed by atoms with van der Waals surface area (Å²) in [5.74, 6) is 2.27. The molecule has 1 heterocycles. The van der Waals surface area contributed by atoms with Gasteiger partial charge in [-0.25, -0.2) is 4.98 Å². The number of guanidine groups is 1. The van der Waals surface area contributed by atoms with Gasteiger partial charge in [-0.05, 0) is 38.5 Å². The van der Waals surface area contributed by atoms with Crippen LogP contribution in [0.3, 0.4) is 0 Å². The first-order chi connectivity index (χ1) is 13.8. The van der Waals surface area contributed by atoms with Crippen molar-refractivity contribution in [3.05, 3.63) is 39.8 Å². The molecule has 1 atom stereocenters. The average Bonchev–Trinajstić information content (AvgIpc) is 3.16. The molecule has 0 spiro atoms. The molecule has 1 unspecified atom stereocenters. The van der Waals surface area contributed by atoms with E-state index in [0.29, 0.717) is 19.8 Å². The van der Waals surface area contributed by atoms with Crippen LogP contribution in [-0.2, 0) is 12.0 Å². The molecule has 1 aromatic heterocycles. The Morgan fingerprint density at radius 2 is 1.83 bits per heavy atom. The molecule has 0 amide bonds. The standard InChI is InChI=1S/C22H34N4O2S.HI/c1-8-27-17-11-10-16(12-18(17)28-9-2)15(3)25-21(23-7)24-13-20-26-19(14-29-20)22(4,5)6;/h10-12,14-15H,8-9,13H2,1-7H3,(H2,23,24,25);1H. The lowest BCUT2D eigenvalue weighted by atomic mass is 9.93. The van der Waals surface area contributed by atoms with E-state index in [-0.39, 0.29) is 35.4 Å². The SMILES string of the molecule is CCOc1ccc(C(C)NC(=NC)NCc2nc(C(C)(C)C)cs2)cc1OCC.I. The zero-order valence-corrected chi connectivity index (χ0v) is 22.2. The predicted octanol–water partition coefficient (Wildman–Crippen LogP) is 5.28. The van der Waals surface area contributed by atoms with Gasteiger partial charge in [0, 0.05) is 17.8 Å². The number of halogens is 1. The van der Waals surface area contributed by atoms with E-state index in [2.05, 4.69) is 54.8 Å². The number of hydrogen-bond acceptors (Lipinski definition) is 5. The maximum absolute atomic E-state index is 5.74. The molecule has 2 aromatic rings. The molecule has 8 heteroatoms. The van der Waals surface area contributed by atoms with E-state index in [1.807, 2.05) is 26.0 Å². The molecule has 0 bridgehead atoms. The van der Waals surface area contributed by atoms with Crippen LogP contribution >= 0.6 is 35.3 Å². The Morgan fingerprint density at radius 1 is 1.17 bits per heavy atom. The predicted molar refractivity (Wildman–Crippen MR) is 137 cm³/mol. The molecule has 0 radical (unpaired) electrons. The number of ether oxygens (including phenoxy) is 2. The van der Waals surface area contributed by atoms with E-state index < -0.39 is 0 Å². The van der Waals surface area contributed by atoms with E-state index >= 15 is 0 Å². The summed E-state index contributed by atoms with van der Waals surface area (Å²) >= 11 is 1.67. The lowest BCUT2D eigenvalue weighted by Crippen LogP contribution is -2.38. The summed E-state index contributed by atoms with van der Waals surface area (Å²) < 4.78 is 11.4. The van der Waals surface area contributed by atoms with Crippen LogP contribution in [0.15, 0.2) is 28.6 Å². The summed E-state index contributed by atoms with van der Waals surface area (Å²) in [6, 6.07) is 6.09. The van der Waals surface area contributed by atoms with E-state index in [9.17, 15) is 0 Å². The fourth-order valence-electron chi connectivity index (χ4n) is 2.72. The zero-order valence-electron chi connectivity index (χ0n) is 19.0. The molecule has 6 nitrogen and oxygen atoms in total. The number of hydrogen-bond donors (Lipinski definition) is 2. The lowest BCUT2D eigenvalue weighted by Gasteiger charge is -2.20. The van der Waals surface area contributed by atoms with Gasteiger partial charge in [0.25, 0.3) is 0 Å². The number of aromatic nitrogens is 1. The van der Waals surface area contributed by atoms with E-state index in [1.54, 1.807) is 18.4 Å². The lowest BCUT2D eigenvalue weighted by molar-refractivity contribution is 0.287. The smallest absolute Gasteiger partial charge is 0.191 e. The summed E-state index contributed by atoms with van der Waals surface area (Å²) in [6.07, 6.45) is 0. The molecule has 0 saturated carbocycles. The Kier molecular flexibility index (Phi) is 10.9. The van der Waals surface area contributed by atoms with Crippen LogP contribution in [0.25, 0.3) is 0 Å². The molecular formula is C22H35IN4O2S.